The van der Waals surface area contributed by atoms with E-state index in [1.54, 1.807) is 0 Å². The molecule has 13 rings (SSSR count). The van der Waals surface area contributed by atoms with Gasteiger partial charge in [0.05, 0.1) is 33.5 Å². The lowest BCUT2D eigenvalue weighted by Gasteiger charge is -2.12. The molecule has 7 nitrogen and oxygen atoms in total. The van der Waals surface area contributed by atoms with E-state index in [1.165, 1.54) is 21.8 Å². The summed E-state index contributed by atoms with van der Waals surface area (Å²) in [6.45, 7) is 0. The Labute approximate surface area is 392 Å². The zero-order valence-corrected chi connectivity index (χ0v) is 36.6. The fourth-order valence-electron chi connectivity index (χ4n) is 9.55. The molecule has 0 N–H and O–H groups in total. The summed E-state index contributed by atoms with van der Waals surface area (Å²) in [7, 11) is 0. The first-order chi connectivity index (χ1) is 33.7. The molecule has 0 aliphatic carbocycles. The molecule has 0 spiro atoms. The largest absolute Gasteiger partial charge is 0.309 e. The predicted molar refractivity (Wildman–Crippen MR) is 277 cm³/mol. The van der Waals surface area contributed by atoms with Gasteiger partial charge >= 0.3 is 0 Å². The van der Waals surface area contributed by atoms with Gasteiger partial charge in [0.2, 0.25) is 5.95 Å². The molecule has 68 heavy (non-hydrogen) atoms. The van der Waals surface area contributed by atoms with Crippen LogP contribution in [0.25, 0.3) is 123 Å². The molecule has 4 aromatic heterocycles. The number of rotatable bonds is 8. The average molecular weight is 870 g/mol. The van der Waals surface area contributed by atoms with Gasteiger partial charge in [0.25, 0.3) is 0 Å². The van der Waals surface area contributed by atoms with Crippen LogP contribution in [0.2, 0.25) is 0 Å². The van der Waals surface area contributed by atoms with Crippen LogP contribution in [0.15, 0.2) is 237 Å². The van der Waals surface area contributed by atoms with Crippen molar-refractivity contribution in [3.63, 3.8) is 0 Å². The van der Waals surface area contributed by atoms with E-state index >= 15 is 0 Å². The number of hydrogen-bond donors (Lipinski definition) is 0. The maximum atomic E-state index is 5.32. The molecule has 0 aliphatic rings. The standard InChI is InChI=1S/C61H39N7/c1-5-17-41(18-6-1)52-39-53(42-19-7-2-8-20-42)63-61(62-52)68-56-35-31-45(40-29-33-47(34-30-40)67-54-27-15-13-25-48(54)49-26-14-16-28-55(49)67)37-50(56)51-38-46(32-36-57(51)68)60-65-58(43-21-9-3-10-22-43)64-59(66-60)44-23-11-4-12-24-44/h1-39H. The number of fused-ring (bicyclic) bond motifs is 6. The van der Waals surface area contributed by atoms with Crippen molar-refractivity contribution in [3.8, 4) is 79.4 Å². The lowest BCUT2D eigenvalue weighted by atomic mass is 10.0. The molecule has 0 saturated heterocycles. The second-order valence-electron chi connectivity index (χ2n) is 16.9. The van der Waals surface area contributed by atoms with Gasteiger partial charge in [0.1, 0.15) is 0 Å². The van der Waals surface area contributed by atoms with Gasteiger partial charge in [-0.25, -0.2) is 24.9 Å². The highest BCUT2D eigenvalue weighted by molar-refractivity contribution is 6.12. The Bertz CT molecular complexity index is 3830. The lowest BCUT2D eigenvalue weighted by molar-refractivity contribution is 0.995. The Kier molecular flexibility index (Phi) is 9.35. The molecule has 4 heterocycles. The Morgan fingerprint density at radius 1 is 0.235 bits per heavy atom. The highest BCUT2D eigenvalue weighted by Gasteiger charge is 2.21. The minimum atomic E-state index is 0.583. The van der Waals surface area contributed by atoms with E-state index in [9.17, 15) is 0 Å². The fraction of sp³-hybridized carbons (Fsp3) is 0. The van der Waals surface area contributed by atoms with Crippen LogP contribution in [0.5, 0.6) is 0 Å². The first kappa shape index (κ1) is 39.1. The highest BCUT2D eigenvalue weighted by Crippen LogP contribution is 2.39. The number of aromatic nitrogens is 7. The summed E-state index contributed by atoms with van der Waals surface area (Å²) in [4.78, 5) is 25.8. The third kappa shape index (κ3) is 6.80. The van der Waals surface area contributed by atoms with E-state index in [-0.39, 0.29) is 0 Å². The molecular formula is C61H39N7. The van der Waals surface area contributed by atoms with Crippen molar-refractivity contribution in [1.29, 1.82) is 0 Å². The van der Waals surface area contributed by atoms with Crippen LogP contribution in [-0.2, 0) is 0 Å². The van der Waals surface area contributed by atoms with Gasteiger partial charge in [-0.1, -0.05) is 176 Å². The minimum Gasteiger partial charge on any atom is -0.309 e. The monoisotopic (exact) mass is 869 g/mol. The number of hydrogen-bond acceptors (Lipinski definition) is 5. The molecular weight excluding hydrogens is 831 g/mol. The molecule has 318 valence electrons. The quantitative estimate of drug-likeness (QED) is 0.152. The van der Waals surface area contributed by atoms with Crippen molar-refractivity contribution in [3.05, 3.63) is 237 Å². The molecule has 7 heteroatoms. The maximum Gasteiger partial charge on any atom is 0.235 e. The molecule has 0 atom stereocenters. The van der Waals surface area contributed by atoms with Gasteiger partial charge in [-0.05, 0) is 71.8 Å². The van der Waals surface area contributed by atoms with Crippen LogP contribution in [0.3, 0.4) is 0 Å². The van der Waals surface area contributed by atoms with Crippen molar-refractivity contribution >= 4 is 43.6 Å². The second-order valence-corrected chi connectivity index (χ2v) is 16.9. The van der Waals surface area contributed by atoms with Gasteiger partial charge < -0.3 is 4.57 Å². The van der Waals surface area contributed by atoms with Crippen molar-refractivity contribution in [2.75, 3.05) is 0 Å². The van der Waals surface area contributed by atoms with E-state index in [2.05, 4.69) is 149 Å². The van der Waals surface area contributed by atoms with Crippen LogP contribution in [0.1, 0.15) is 0 Å². The van der Waals surface area contributed by atoms with Gasteiger partial charge in [0.15, 0.2) is 17.5 Å². The van der Waals surface area contributed by atoms with E-state index in [0.717, 1.165) is 77.8 Å². The summed E-state index contributed by atoms with van der Waals surface area (Å²) in [5.74, 6) is 2.40. The predicted octanol–water partition coefficient (Wildman–Crippen LogP) is 14.9. The molecule has 0 radical (unpaired) electrons. The lowest BCUT2D eigenvalue weighted by Crippen LogP contribution is -2.04. The van der Waals surface area contributed by atoms with E-state index in [0.29, 0.717) is 23.4 Å². The zero-order chi connectivity index (χ0) is 45.0. The van der Waals surface area contributed by atoms with Gasteiger partial charge in [-0.3, -0.25) is 4.57 Å². The van der Waals surface area contributed by atoms with E-state index < -0.39 is 0 Å². The van der Waals surface area contributed by atoms with Crippen LogP contribution in [0, 0.1) is 0 Å². The van der Waals surface area contributed by atoms with Crippen LogP contribution in [-0.4, -0.2) is 34.1 Å². The van der Waals surface area contributed by atoms with E-state index in [4.69, 9.17) is 24.9 Å². The summed E-state index contributed by atoms with van der Waals surface area (Å²) in [6, 6.07) is 82.2. The summed E-state index contributed by atoms with van der Waals surface area (Å²) in [6.07, 6.45) is 0. The summed E-state index contributed by atoms with van der Waals surface area (Å²) < 4.78 is 4.55. The smallest absolute Gasteiger partial charge is 0.235 e. The molecule has 0 aliphatic heterocycles. The first-order valence-electron chi connectivity index (χ1n) is 22.7. The number of para-hydroxylation sites is 2. The number of benzene rings is 9. The van der Waals surface area contributed by atoms with E-state index in [1.807, 2.05) is 97.1 Å². The maximum absolute atomic E-state index is 5.32. The molecule has 13 aromatic rings. The third-order valence-electron chi connectivity index (χ3n) is 12.8. The Morgan fingerprint density at radius 3 is 1.12 bits per heavy atom. The highest BCUT2D eigenvalue weighted by atomic mass is 15.2. The molecule has 0 fully saturated rings. The van der Waals surface area contributed by atoms with Gasteiger partial charge in [-0.15, -0.1) is 0 Å². The average Bonchev–Trinajstić information content (AvgIpc) is 3.94. The van der Waals surface area contributed by atoms with Crippen LogP contribution < -0.4 is 0 Å². The Morgan fingerprint density at radius 2 is 0.618 bits per heavy atom. The fourth-order valence-corrected chi connectivity index (χ4v) is 9.55. The number of nitrogens with zero attached hydrogens (tertiary/aromatic N) is 7. The second kappa shape index (κ2) is 16.3. The van der Waals surface area contributed by atoms with Crippen molar-refractivity contribution in [2.24, 2.45) is 0 Å². The molecule has 0 bridgehead atoms. The summed E-state index contributed by atoms with van der Waals surface area (Å²) in [5.41, 5.74) is 14.1. The molecule has 0 unspecified atom stereocenters. The van der Waals surface area contributed by atoms with Crippen molar-refractivity contribution in [1.82, 2.24) is 34.1 Å². The van der Waals surface area contributed by atoms with Crippen LogP contribution in [0.4, 0.5) is 0 Å². The Hall–Kier alpha value is -9.33. The van der Waals surface area contributed by atoms with Crippen molar-refractivity contribution < 1.29 is 0 Å². The summed E-state index contributed by atoms with van der Waals surface area (Å²) in [5, 5.41) is 4.57. The van der Waals surface area contributed by atoms with Crippen LogP contribution >= 0.6 is 0 Å². The normalized spacial score (nSPS) is 11.5. The Balaban J connectivity index is 1.01. The first-order valence-corrected chi connectivity index (χ1v) is 22.7. The summed E-state index contributed by atoms with van der Waals surface area (Å²) >= 11 is 0. The van der Waals surface area contributed by atoms with Crippen molar-refractivity contribution in [2.45, 2.75) is 0 Å². The van der Waals surface area contributed by atoms with Gasteiger partial charge in [-0.2, -0.15) is 0 Å². The zero-order valence-electron chi connectivity index (χ0n) is 36.6. The third-order valence-corrected chi connectivity index (χ3v) is 12.8. The SMILES string of the molecule is c1ccc(-c2cc(-c3ccccc3)nc(-n3c4ccc(-c5ccc(-n6c7ccccc7c7ccccc76)cc5)cc4c4cc(-c5nc(-c6ccccc6)nc(-c6ccccc6)n5)ccc43)n2)cc1. The topological polar surface area (TPSA) is 74.3 Å². The van der Waals surface area contributed by atoms with Gasteiger partial charge in [0, 0.05) is 55.0 Å². The molecule has 0 amide bonds. The minimum absolute atomic E-state index is 0.583. The molecule has 9 aromatic carbocycles. The molecule has 0 saturated carbocycles.